The SMILES string of the molecule is Cc1cncc(C(=O)Nc2ccc(O)cc2N)c1. The van der Waals surface area contributed by atoms with Gasteiger partial charge in [0.1, 0.15) is 5.75 Å². The van der Waals surface area contributed by atoms with Gasteiger partial charge in [-0.1, -0.05) is 0 Å². The van der Waals surface area contributed by atoms with Gasteiger partial charge in [-0.2, -0.15) is 0 Å². The van der Waals surface area contributed by atoms with Crippen LogP contribution in [-0.2, 0) is 0 Å². The number of phenolic OH excluding ortho intramolecular Hbond substituents is 1. The molecule has 5 heteroatoms. The predicted octanol–water partition coefficient (Wildman–Crippen LogP) is 1.93. The number of benzene rings is 1. The first-order valence-corrected chi connectivity index (χ1v) is 5.38. The molecular formula is C13H13N3O2. The number of rotatable bonds is 2. The number of nitrogens with zero attached hydrogens (tertiary/aromatic N) is 1. The van der Waals surface area contributed by atoms with Crippen LogP contribution in [0.15, 0.2) is 36.7 Å². The van der Waals surface area contributed by atoms with Crippen molar-refractivity contribution in [3.63, 3.8) is 0 Å². The fourth-order valence-electron chi connectivity index (χ4n) is 1.54. The van der Waals surface area contributed by atoms with Crippen LogP contribution >= 0.6 is 0 Å². The number of pyridine rings is 1. The first-order chi connectivity index (χ1) is 8.56. The largest absolute Gasteiger partial charge is 0.508 e. The Morgan fingerprint density at radius 2 is 2.11 bits per heavy atom. The molecule has 1 aromatic heterocycles. The molecule has 0 aliphatic rings. The summed E-state index contributed by atoms with van der Waals surface area (Å²) in [5.74, 6) is -0.230. The Hall–Kier alpha value is -2.56. The maximum atomic E-state index is 11.9. The number of aromatic nitrogens is 1. The van der Waals surface area contributed by atoms with E-state index >= 15 is 0 Å². The minimum absolute atomic E-state index is 0.0581. The standard InChI is InChI=1S/C13H13N3O2/c1-8-4-9(7-15-6-8)13(18)16-12-3-2-10(17)5-11(12)14/h2-7,17H,14H2,1H3,(H,16,18). The molecule has 4 N–H and O–H groups in total. The molecule has 0 aliphatic carbocycles. The number of amides is 1. The number of carbonyl (C=O) groups is 1. The minimum Gasteiger partial charge on any atom is -0.508 e. The number of nitrogen functional groups attached to an aromatic ring is 1. The van der Waals surface area contributed by atoms with E-state index in [1.807, 2.05) is 6.92 Å². The summed E-state index contributed by atoms with van der Waals surface area (Å²) < 4.78 is 0. The van der Waals surface area contributed by atoms with Gasteiger partial charge < -0.3 is 16.2 Å². The van der Waals surface area contributed by atoms with Gasteiger partial charge in [-0.15, -0.1) is 0 Å². The van der Waals surface area contributed by atoms with Crippen LogP contribution in [0.25, 0.3) is 0 Å². The highest BCUT2D eigenvalue weighted by atomic mass is 16.3. The highest BCUT2D eigenvalue weighted by molar-refractivity contribution is 6.05. The van der Waals surface area contributed by atoms with Gasteiger partial charge in [-0.25, -0.2) is 0 Å². The molecule has 0 fully saturated rings. The van der Waals surface area contributed by atoms with Crippen LogP contribution in [0.5, 0.6) is 5.75 Å². The Morgan fingerprint density at radius 1 is 1.33 bits per heavy atom. The highest BCUT2D eigenvalue weighted by Crippen LogP contribution is 2.23. The van der Waals surface area contributed by atoms with E-state index in [1.165, 1.54) is 18.3 Å². The molecule has 1 heterocycles. The summed E-state index contributed by atoms with van der Waals surface area (Å²) in [6, 6.07) is 6.12. The first-order valence-electron chi connectivity index (χ1n) is 5.38. The van der Waals surface area contributed by atoms with Crippen LogP contribution < -0.4 is 11.1 Å². The van der Waals surface area contributed by atoms with Crippen molar-refractivity contribution >= 4 is 17.3 Å². The van der Waals surface area contributed by atoms with Crippen molar-refractivity contribution in [2.75, 3.05) is 11.1 Å². The number of nitrogens with one attached hydrogen (secondary N) is 1. The zero-order chi connectivity index (χ0) is 13.1. The Morgan fingerprint density at radius 3 is 2.78 bits per heavy atom. The lowest BCUT2D eigenvalue weighted by Gasteiger charge is -2.08. The van der Waals surface area contributed by atoms with E-state index < -0.39 is 0 Å². The van der Waals surface area contributed by atoms with Crippen LogP contribution in [0.3, 0.4) is 0 Å². The van der Waals surface area contributed by atoms with E-state index in [0.717, 1.165) is 5.56 Å². The molecule has 0 aliphatic heterocycles. The molecule has 1 aromatic carbocycles. The van der Waals surface area contributed by atoms with Crippen molar-refractivity contribution in [3.8, 4) is 5.75 Å². The number of phenols is 1. The fourth-order valence-corrected chi connectivity index (χ4v) is 1.54. The van der Waals surface area contributed by atoms with Gasteiger partial charge in [-0.05, 0) is 30.7 Å². The van der Waals surface area contributed by atoms with E-state index in [1.54, 1.807) is 18.3 Å². The fraction of sp³-hybridized carbons (Fsp3) is 0.0769. The lowest BCUT2D eigenvalue weighted by Crippen LogP contribution is -2.13. The van der Waals surface area contributed by atoms with Gasteiger partial charge in [0.05, 0.1) is 16.9 Å². The summed E-state index contributed by atoms with van der Waals surface area (Å²) in [5.41, 5.74) is 7.82. The third-order valence-corrected chi connectivity index (χ3v) is 2.42. The predicted molar refractivity (Wildman–Crippen MR) is 69.4 cm³/mol. The maximum Gasteiger partial charge on any atom is 0.257 e. The van der Waals surface area contributed by atoms with Crippen molar-refractivity contribution in [1.29, 1.82) is 0 Å². The lowest BCUT2D eigenvalue weighted by molar-refractivity contribution is 0.102. The molecule has 0 saturated carbocycles. The van der Waals surface area contributed by atoms with Gasteiger partial charge in [0.25, 0.3) is 5.91 Å². The van der Waals surface area contributed by atoms with E-state index in [2.05, 4.69) is 10.3 Å². The first kappa shape index (κ1) is 11.9. The third-order valence-electron chi connectivity index (χ3n) is 2.42. The normalized spacial score (nSPS) is 10.1. The maximum absolute atomic E-state index is 11.9. The molecule has 0 radical (unpaired) electrons. The number of carbonyl (C=O) groups excluding carboxylic acids is 1. The number of hydrogen-bond donors (Lipinski definition) is 3. The number of anilines is 2. The quantitative estimate of drug-likeness (QED) is 0.555. The summed E-state index contributed by atoms with van der Waals surface area (Å²) in [4.78, 5) is 15.9. The molecule has 0 saturated heterocycles. The second-order valence-corrected chi connectivity index (χ2v) is 3.98. The average Bonchev–Trinajstić information content (AvgIpc) is 2.32. The smallest absolute Gasteiger partial charge is 0.257 e. The molecule has 92 valence electrons. The molecule has 2 rings (SSSR count). The van der Waals surface area contributed by atoms with Gasteiger partial charge in [0.2, 0.25) is 0 Å². The summed E-state index contributed by atoms with van der Waals surface area (Å²) >= 11 is 0. The van der Waals surface area contributed by atoms with E-state index in [9.17, 15) is 9.90 Å². The van der Waals surface area contributed by atoms with Crippen LogP contribution in [0.4, 0.5) is 11.4 Å². The zero-order valence-corrected chi connectivity index (χ0v) is 9.84. The van der Waals surface area contributed by atoms with Crippen LogP contribution in [0, 0.1) is 6.92 Å². The van der Waals surface area contributed by atoms with Crippen molar-refractivity contribution in [2.45, 2.75) is 6.92 Å². The van der Waals surface area contributed by atoms with Gasteiger partial charge >= 0.3 is 0 Å². The summed E-state index contributed by atoms with van der Waals surface area (Å²) in [5, 5.41) is 11.9. The Balaban J connectivity index is 2.21. The molecule has 0 spiro atoms. The number of aryl methyl sites for hydroxylation is 1. The summed E-state index contributed by atoms with van der Waals surface area (Å²) in [7, 11) is 0. The van der Waals surface area contributed by atoms with Crippen molar-refractivity contribution in [1.82, 2.24) is 4.98 Å². The van der Waals surface area contributed by atoms with Crippen molar-refractivity contribution < 1.29 is 9.90 Å². The molecule has 18 heavy (non-hydrogen) atoms. The molecule has 2 aromatic rings. The van der Waals surface area contributed by atoms with Gasteiger partial charge in [0, 0.05) is 18.5 Å². The van der Waals surface area contributed by atoms with Crippen LogP contribution in [-0.4, -0.2) is 16.0 Å². The van der Waals surface area contributed by atoms with Crippen molar-refractivity contribution in [3.05, 3.63) is 47.8 Å². The van der Waals surface area contributed by atoms with Gasteiger partial charge in [0.15, 0.2) is 0 Å². The van der Waals surface area contributed by atoms with Gasteiger partial charge in [-0.3, -0.25) is 9.78 Å². The van der Waals surface area contributed by atoms with Crippen LogP contribution in [0.1, 0.15) is 15.9 Å². The third kappa shape index (κ3) is 2.57. The second-order valence-electron chi connectivity index (χ2n) is 3.98. The topological polar surface area (TPSA) is 88.2 Å². The summed E-state index contributed by atoms with van der Waals surface area (Å²) in [6.07, 6.45) is 3.16. The lowest BCUT2D eigenvalue weighted by atomic mass is 10.2. The molecular weight excluding hydrogens is 230 g/mol. The number of nitrogens with two attached hydrogens (primary N) is 1. The van der Waals surface area contributed by atoms with E-state index in [0.29, 0.717) is 16.9 Å². The summed E-state index contributed by atoms with van der Waals surface area (Å²) in [6.45, 7) is 1.86. The van der Waals surface area contributed by atoms with E-state index in [4.69, 9.17) is 5.73 Å². The molecule has 0 atom stereocenters. The Bertz CT molecular complexity index is 597. The van der Waals surface area contributed by atoms with E-state index in [-0.39, 0.29) is 11.7 Å². The van der Waals surface area contributed by atoms with Crippen LogP contribution in [0.2, 0.25) is 0 Å². The Kier molecular flexibility index (Phi) is 3.14. The zero-order valence-electron chi connectivity index (χ0n) is 9.84. The average molecular weight is 243 g/mol. The minimum atomic E-state index is -0.288. The number of hydrogen-bond acceptors (Lipinski definition) is 4. The monoisotopic (exact) mass is 243 g/mol. The molecule has 1 amide bonds. The molecule has 0 bridgehead atoms. The van der Waals surface area contributed by atoms with Crippen molar-refractivity contribution in [2.24, 2.45) is 0 Å². The second kappa shape index (κ2) is 4.75. The highest BCUT2D eigenvalue weighted by Gasteiger charge is 2.08. The molecule has 5 nitrogen and oxygen atoms in total. The molecule has 0 unspecified atom stereocenters. The number of aromatic hydroxyl groups is 1. The Labute approximate surface area is 104 Å².